The van der Waals surface area contributed by atoms with Gasteiger partial charge in [0.25, 0.3) is 0 Å². The molecule has 0 aliphatic carbocycles. The SMILES string of the molecule is CC(=O)OP(=O)(O)O[C@H]([C@H](O)COP(=O)(O)O)[C@H](OP(=O)(O)OC[C@@H](O)[C@@H](O)C=O)C(=O)COP(=O)(O)O. The van der Waals surface area contributed by atoms with E-state index in [9.17, 15) is 52.6 Å². The Morgan fingerprint density at radius 2 is 1.26 bits per heavy atom. The molecular formula is C12H24O22P4. The highest BCUT2D eigenvalue weighted by molar-refractivity contribution is 7.48. The van der Waals surface area contributed by atoms with Crippen molar-refractivity contribution in [1.29, 1.82) is 0 Å². The molecule has 0 aliphatic heterocycles. The zero-order valence-electron chi connectivity index (χ0n) is 18.7. The van der Waals surface area contributed by atoms with Crippen LogP contribution in [0.15, 0.2) is 0 Å². The number of Topliss-reactive ketones (excluding diaryl/α,β-unsaturated/α-hetero) is 1. The number of hydrogen-bond donors (Lipinski definition) is 9. The quantitative estimate of drug-likeness (QED) is 0.0488. The lowest BCUT2D eigenvalue weighted by atomic mass is 10.1. The van der Waals surface area contributed by atoms with Crippen LogP contribution in [0.2, 0.25) is 0 Å². The molecule has 7 atom stereocenters. The smallest absolute Gasteiger partial charge is 0.388 e. The Morgan fingerprint density at radius 1 is 0.763 bits per heavy atom. The largest absolute Gasteiger partial charge is 0.530 e. The minimum absolute atomic E-state index is 0.210. The number of carbonyl (C=O) groups excluding carboxylic acids is 3. The van der Waals surface area contributed by atoms with Crippen LogP contribution in [0.4, 0.5) is 0 Å². The van der Waals surface area contributed by atoms with E-state index in [0.717, 1.165) is 0 Å². The van der Waals surface area contributed by atoms with Crippen molar-refractivity contribution in [2.75, 3.05) is 19.8 Å². The fourth-order valence-electron chi connectivity index (χ4n) is 2.00. The molecule has 0 aromatic rings. The van der Waals surface area contributed by atoms with E-state index in [2.05, 4.69) is 27.1 Å². The maximum Gasteiger partial charge on any atom is 0.530 e. The molecule has 0 spiro atoms. The number of aliphatic hydroxyl groups excluding tert-OH is 3. The minimum Gasteiger partial charge on any atom is -0.388 e. The van der Waals surface area contributed by atoms with Crippen molar-refractivity contribution >= 4 is 49.3 Å². The van der Waals surface area contributed by atoms with E-state index in [-0.39, 0.29) is 6.29 Å². The van der Waals surface area contributed by atoms with Crippen molar-refractivity contribution in [3.63, 3.8) is 0 Å². The number of ketones is 1. The standard InChI is InChI=1S/C12H24O22P4/c1-6(14)32-38(27,28)34-12(10(18)5-30-36(22,23)24)11(9(17)4-29-35(19,20)21)33-37(25,26)31-3-8(16)7(15)2-13/h2,7-8,10-12,15-16,18H,3-5H2,1H3,(H,25,26)(H,27,28)(H2,19,20,21)(H2,22,23,24)/t7-,8+,10+,11+,12+/m0/s1. The third-order valence-electron chi connectivity index (χ3n) is 3.47. The summed E-state index contributed by atoms with van der Waals surface area (Å²) in [5, 5.41) is 28.8. The molecule has 0 heterocycles. The zero-order chi connectivity index (χ0) is 30.1. The fourth-order valence-corrected chi connectivity index (χ4v) is 4.49. The molecule has 22 nitrogen and oxygen atoms in total. The van der Waals surface area contributed by atoms with Gasteiger partial charge in [0.15, 0.2) is 18.2 Å². The van der Waals surface area contributed by atoms with Crippen LogP contribution in [0, 0.1) is 0 Å². The highest BCUT2D eigenvalue weighted by atomic mass is 31.2. The number of aldehydes is 1. The predicted molar refractivity (Wildman–Crippen MR) is 112 cm³/mol. The minimum atomic E-state index is -5.73. The maximum absolute atomic E-state index is 12.5. The van der Waals surface area contributed by atoms with E-state index in [1.54, 1.807) is 0 Å². The van der Waals surface area contributed by atoms with Crippen LogP contribution < -0.4 is 0 Å². The molecule has 0 amide bonds. The van der Waals surface area contributed by atoms with Gasteiger partial charge < -0.3 is 49.1 Å². The molecule has 0 radical (unpaired) electrons. The molecule has 0 saturated heterocycles. The van der Waals surface area contributed by atoms with Gasteiger partial charge in [0.05, 0.1) is 13.2 Å². The predicted octanol–water partition coefficient (Wildman–Crippen LogP) is -3.39. The second kappa shape index (κ2) is 15.2. The lowest BCUT2D eigenvalue weighted by Gasteiger charge is -2.31. The zero-order valence-corrected chi connectivity index (χ0v) is 22.3. The van der Waals surface area contributed by atoms with Crippen molar-refractivity contribution in [2.24, 2.45) is 0 Å². The average Bonchev–Trinajstić information content (AvgIpc) is 2.74. The van der Waals surface area contributed by atoms with Gasteiger partial charge in [0.1, 0.15) is 31.0 Å². The van der Waals surface area contributed by atoms with E-state index in [4.69, 9.17) is 24.7 Å². The van der Waals surface area contributed by atoms with Crippen molar-refractivity contribution in [2.45, 2.75) is 37.4 Å². The molecule has 0 saturated carbocycles. The summed E-state index contributed by atoms with van der Waals surface area (Å²) in [6.07, 6.45) is -13.0. The molecule has 9 N–H and O–H groups in total. The van der Waals surface area contributed by atoms with Gasteiger partial charge in [0.2, 0.25) is 0 Å². The van der Waals surface area contributed by atoms with E-state index < -0.39 is 93.4 Å². The van der Waals surface area contributed by atoms with Gasteiger partial charge in [-0.15, -0.1) is 0 Å². The number of carbonyl (C=O) groups is 3. The number of hydrogen-bond acceptors (Lipinski definition) is 16. The molecule has 0 aromatic carbocycles. The van der Waals surface area contributed by atoms with Crippen LogP contribution in [-0.4, -0.2) is 113 Å². The van der Waals surface area contributed by atoms with Crippen LogP contribution in [0.3, 0.4) is 0 Å². The topological polar surface area (TPSA) is 357 Å². The first-order valence-corrected chi connectivity index (χ1v) is 15.3. The van der Waals surface area contributed by atoms with Gasteiger partial charge >= 0.3 is 37.3 Å². The number of rotatable bonds is 19. The molecule has 2 unspecified atom stereocenters. The summed E-state index contributed by atoms with van der Waals surface area (Å²) in [7, 11) is -22.3. The Morgan fingerprint density at radius 3 is 1.71 bits per heavy atom. The summed E-state index contributed by atoms with van der Waals surface area (Å²) in [6.45, 7) is -4.09. The van der Waals surface area contributed by atoms with Crippen molar-refractivity contribution < 1.29 is 104 Å². The van der Waals surface area contributed by atoms with Crippen LogP contribution in [0.5, 0.6) is 0 Å². The molecule has 0 rings (SSSR count). The Bertz CT molecular complexity index is 1000. The van der Waals surface area contributed by atoms with E-state index >= 15 is 0 Å². The lowest BCUT2D eigenvalue weighted by Crippen LogP contribution is -2.48. The average molecular weight is 644 g/mol. The molecule has 26 heteroatoms. The van der Waals surface area contributed by atoms with Crippen LogP contribution >= 0.6 is 31.3 Å². The summed E-state index contributed by atoms with van der Waals surface area (Å²) in [5.41, 5.74) is 0. The lowest BCUT2D eigenvalue weighted by molar-refractivity contribution is -0.142. The summed E-state index contributed by atoms with van der Waals surface area (Å²) < 4.78 is 71.0. The summed E-state index contributed by atoms with van der Waals surface area (Å²) in [5.74, 6) is -3.37. The van der Waals surface area contributed by atoms with Crippen molar-refractivity contribution in [3.8, 4) is 0 Å². The molecular weight excluding hydrogens is 620 g/mol. The summed E-state index contributed by atoms with van der Waals surface area (Å²) in [4.78, 5) is 88.7. The first kappa shape index (κ1) is 37.2. The highest BCUT2D eigenvalue weighted by Crippen LogP contribution is 2.50. The highest BCUT2D eigenvalue weighted by Gasteiger charge is 2.46. The second-order valence-electron chi connectivity index (χ2n) is 6.69. The molecule has 0 bridgehead atoms. The Kier molecular flexibility index (Phi) is 14.9. The molecule has 0 fully saturated rings. The Hall–Kier alpha value is -0.830. The van der Waals surface area contributed by atoms with Gasteiger partial charge in [-0.1, -0.05) is 0 Å². The van der Waals surface area contributed by atoms with Gasteiger partial charge in [-0.25, -0.2) is 18.3 Å². The third-order valence-corrected chi connectivity index (χ3v) is 6.39. The van der Waals surface area contributed by atoms with Crippen molar-refractivity contribution in [1.82, 2.24) is 0 Å². The molecule has 224 valence electrons. The summed E-state index contributed by atoms with van der Waals surface area (Å²) >= 11 is 0. The number of phosphoric acid groups is 4. The van der Waals surface area contributed by atoms with Crippen LogP contribution in [-0.2, 0) is 59.8 Å². The van der Waals surface area contributed by atoms with Crippen LogP contribution in [0.1, 0.15) is 6.92 Å². The molecule has 0 aliphatic rings. The van der Waals surface area contributed by atoms with E-state index in [0.29, 0.717) is 6.92 Å². The van der Waals surface area contributed by atoms with Crippen LogP contribution in [0.25, 0.3) is 0 Å². The van der Waals surface area contributed by atoms with Gasteiger partial charge in [-0.3, -0.25) is 37.1 Å². The number of aliphatic hydroxyl groups is 3. The fraction of sp³-hybridized carbons (Fsp3) is 0.750. The van der Waals surface area contributed by atoms with Gasteiger partial charge in [-0.2, -0.15) is 0 Å². The van der Waals surface area contributed by atoms with E-state index in [1.165, 1.54) is 0 Å². The monoisotopic (exact) mass is 644 g/mol. The van der Waals surface area contributed by atoms with Crippen molar-refractivity contribution in [3.05, 3.63) is 0 Å². The number of phosphoric ester groups is 4. The van der Waals surface area contributed by atoms with Gasteiger partial charge in [0, 0.05) is 6.92 Å². The van der Waals surface area contributed by atoms with E-state index in [1.807, 2.05) is 0 Å². The Balaban J connectivity index is 6.36. The molecule has 0 aromatic heterocycles. The third kappa shape index (κ3) is 16.3. The van der Waals surface area contributed by atoms with Gasteiger partial charge in [-0.05, 0) is 0 Å². The second-order valence-corrected chi connectivity index (χ2v) is 11.9. The summed E-state index contributed by atoms with van der Waals surface area (Å²) in [6, 6.07) is 0. The normalized spacial score (nSPS) is 19.7. The first-order valence-electron chi connectivity index (χ1n) is 9.28. The molecule has 38 heavy (non-hydrogen) atoms. The Labute approximate surface area is 211 Å². The maximum atomic E-state index is 12.5. The first-order chi connectivity index (χ1) is 17.0.